The number of fused-ring (bicyclic) bond motifs is 3. The van der Waals surface area contributed by atoms with Crippen LogP contribution in [0.2, 0.25) is 0 Å². The maximum absolute atomic E-state index is 12.1. The van der Waals surface area contributed by atoms with Crippen LogP contribution in [0, 0.1) is 17.3 Å². The fourth-order valence-electron chi connectivity index (χ4n) is 5.25. The van der Waals surface area contributed by atoms with E-state index in [1.54, 1.807) is 0 Å². The lowest BCUT2D eigenvalue weighted by atomic mass is 9.58. The Balaban J connectivity index is 1.91. The van der Waals surface area contributed by atoms with E-state index in [-0.39, 0.29) is 17.5 Å². The molecule has 0 bridgehead atoms. The lowest BCUT2D eigenvalue weighted by Crippen LogP contribution is -2.43. The normalized spacial score (nSPS) is 39.0. The van der Waals surface area contributed by atoms with Crippen LogP contribution in [-0.2, 0) is 14.3 Å². The third kappa shape index (κ3) is 2.25. The van der Waals surface area contributed by atoms with Gasteiger partial charge in [-0.1, -0.05) is 19.4 Å². The van der Waals surface area contributed by atoms with Crippen molar-refractivity contribution in [2.75, 3.05) is 0 Å². The van der Waals surface area contributed by atoms with Crippen molar-refractivity contribution >= 4 is 11.8 Å². The van der Waals surface area contributed by atoms with Gasteiger partial charge in [0.15, 0.2) is 5.78 Å². The smallest absolute Gasteiger partial charge is 0.302 e. The first-order valence-electron chi connectivity index (χ1n) is 8.39. The van der Waals surface area contributed by atoms with E-state index in [4.69, 9.17) is 4.74 Å². The van der Waals surface area contributed by atoms with Crippen LogP contribution in [0.5, 0.6) is 0 Å². The topological polar surface area (TPSA) is 43.4 Å². The summed E-state index contributed by atoms with van der Waals surface area (Å²) in [6.07, 6.45) is 6.86. The molecule has 0 amide bonds. The van der Waals surface area contributed by atoms with Gasteiger partial charge in [-0.3, -0.25) is 9.59 Å². The number of carbonyl (C=O) groups excluding carboxylic acids is 2. The molecule has 3 heteroatoms. The molecule has 3 unspecified atom stereocenters. The van der Waals surface area contributed by atoms with Gasteiger partial charge in [-0.05, 0) is 55.9 Å². The molecule has 3 aliphatic rings. The van der Waals surface area contributed by atoms with Gasteiger partial charge in [-0.25, -0.2) is 0 Å². The van der Waals surface area contributed by atoms with Gasteiger partial charge in [0.2, 0.25) is 0 Å². The summed E-state index contributed by atoms with van der Waals surface area (Å²) in [5, 5.41) is 0. The number of hydrogen-bond acceptors (Lipinski definition) is 3. The molecule has 0 aliphatic heterocycles. The van der Waals surface area contributed by atoms with Crippen LogP contribution in [0.15, 0.2) is 11.1 Å². The molecule has 21 heavy (non-hydrogen) atoms. The first kappa shape index (κ1) is 14.8. The number of ether oxygens (including phenoxy) is 1. The maximum Gasteiger partial charge on any atom is 0.302 e. The lowest BCUT2D eigenvalue weighted by Gasteiger charge is -2.47. The number of ketones is 1. The fraction of sp³-hybridized carbons (Fsp3) is 0.778. The van der Waals surface area contributed by atoms with Gasteiger partial charge >= 0.3 is 5.97 Å². The van der Waals surface area contributed by atoms with E-state index in [9.17, 15) is 9.59 Å². The van der Waals surface area contributed by atoms with Crippen molar-refractivity contribution in [2.45, 2.75) is 71.8 Å². The summed E-state index contributed by atoms with van der Waals surface area (Å²) >= 11 is 0. The Morgan fingerprint density at radius 3 is 2.71 bits per heavy atom. The van der Waals surface area contributed by atoms with Crippen molar-refractivity contribution in [1.82, 2.24) is 0 Å². The standard InChI is InChI=1S/C18H26O3/c1-4-12-13-9-10-18(3)15(14(13)5-7-16(12)20)6-8-17(18)21-11(2)19/h14-15,17H,4-10H2,1-3H3/t14?,15?,17?,18-/m1/s1. The van der Waals surface area contributed by atoms with E-state index in [2.05, 4.69) is 13.8 Å². The van der Waals surface area contributed by atoms with Crippen molar-refractivity contribution in [2.24, 2.45) is 17.3 Å². The van der Waals surface area contributed by atoms with Gasteiger partial charge in [0.1, 0.15) is 6.10 Å². The molecule has 2 saturated carbocycles. The van der Waals surface area contributed by atoms with Crippen molar-refractivity contribution in [3.8, 4) is 0 Å². The van der Waals surface area contributed by atoms with Gasteiger partial charge in [-0.2, -0.15) is 0 Å². The van der Waals surface area contributed by atoms with E-state index >= 15 is 0 Å². The highest BCUT2D eigenvalue weighted by Crippen LogP contribution is 2.59. The fourth-order valence-corrected chi connectivity index (χ4v) is 5.25. The molecule has 0 N–H and O–H groups in total. The Morgan fingerprint density at radius 2 is 2.05 bits per heavy atom. The molecule has 0 saturated heterocycles. The van der Waals surface area contributed by atoms with Crippen LogP contribution in [0.3, 0.4) is 0 Å². The van der Waals surface area contributed by atoms with Crippen LogP contribution in [-0.4, -0.2) is 17.9 Å². The zero-order chi connectivity index (χ0) is 15.2. The Kier molecular flexibility index (Phi) is 3.71. The summed E-state index contributed by atoms with van der Waals surface area (Å²) in [4.78, 5) is 23.5. The Bertz CT molecular complexity index is 505. The van der Waals surface area contributed by atoms with Crippen molar-refractivity contribution in [3.63, 3.8) is 0 Å². The summed E-state index contributed by atoms with van der Waals surface area (Å²) in [6, 6.07) is 0. The number of rotatable bonds is 2. The maximum atomic E-state index is 12.1. The second-order valence-corrected chi connectivity index (χ2v) is 7.21. The van der Waals surface area contributed by atoms with Gasteiger partial charge in [-0.15, -0.1) is 0 Å². The summed E-state index contributed by atoms with van der Waals surface area (Å²) in [6.45, 7) is 5.92. The summed E-state index contributed by atoms with van der Waals surface area (Å²) in [5.41, 5.74) is 2.67. The molecular weight excluding hydrogens is 264 g/mol. The monoisotopic (exact) mass is 290 g/mol. The average Bonchev–Trinajstić information content (AvgIpc) is 2.75. The lowest BCUT2D eigenvalue weighted by molar-refractivity contribution is -0.153. The molecule has 0 aromatic rings. The van der Waals surface area contributed by atoms with Crippen molar-refractivity contribution < 1.29 is 14.3 Å². The molecule has 2 fully saturated rings. The number of hydrogen-bond donors (Lipinski definition) is 0. The van der Waals surface area contributed by atoms with E-state index < -0.39 is 0 Å². The third-order valence-corrected chi connectivity index (χ3v) is 6.26. The van der Waals surface area contributed by atoms with Crippen molar-refractivity contribution in [3.05, 3.63) is 11.1 Å². The molecule has 116 valence electrons. The molecule has 0 heterocycles. The average molecular weight is 290 g/mol. The molecule has 0 spiro atoms. The van der Waals surface area contributed by atoms with E-state index in [0.717, 1.165) is 44.1 Å². The quantitative estimate of drug-likeness (QED) is 0.726. The molecule has 3 rings (SSSR count). The first-order valence-corrected chi connectivity index (χ1v) is 8.39. The SMILES string of the molecule is CCC1=C2CC[C@@]3(C)C(OC(C)=O)CCC3C2CCC1=O. The molecule has 4 atom stereocenters. The minimum absolute atomic E-state index is 0.0734. The molecular formula is C18H26O3. The highest BCUT2D eigenvalue weighted by molar-refractivity contribution is 5.97. The van der Waals surface area contributed by atoms with E-state index in [1.165, 1.54) is 12.5 Å². The Hall–Kier alpha value is -1.12. The third-order valence-electron chi connectivity index (χ3n) is 6.26. The van der Waals surface area contributed by atoms with Crippen LogP contribution < -0.4 is 0 Å². The van der Waals surface area contributed by atoms with Gasteiger partial charge in [0, 0.05) is 18.8 Å². The molecule has 0 radical (unpaired) electrons. The first-order chi connectivity index (χ1) is 9.97. The Morgan fingerprint density at radius 1 is 1.29 bits per heavy atom. The van der Waals surface area contributed by atoms with E-state index in [1.807, 2.05) is 0 Å². The summed E-state index contributed by atoms with van der Waals surface area (Å²) in [7, 11) is 0. The largest absolute Gasteiger partial charge is 0.462 e. The van der Waals surface area contributed by atoms with Gasteiger partial charge < -0.3 is 4.74 Å². The summed E-state index contributed by atoms with van der Waals surface area (Å²) < 4.78 is 5.62. The predicted molar refractivity (Wildman–Crippen MR) is 80.7 cm³/mol. The number of Topliss-reactive ketones (excluding diaryl/α,β-unsaturated/α-hetero) is 1. The van der Waals surface area contributed by atoms with Crippen LogP contribution >= 0.6 is 0 Å². The molecule has 3 nitrogen and oxygen atoms in total. The minimum Gasteiger partial charge on any atom is -0.462 e. The van der Waals surface area contributed by atoms with Gasteiger partial charge in [0.05, 0.1) is 0 Å². The minimum atomic E-state index is -0.156. The molecule has 3 aliphatic carbocycles. The van der Waals surface area contributed by atoms with Crippen LogP contribution in [0.4, 0.5) is 0 Å². The zero-order valence-corrected chi connectivity index (χ0v) is 13.4. The van der Waals surface area contributed by atoms with Crippen LogP contribution in [0.1, 0.15) is 65.7 Å². The highest BCUT2D eigenvalue weighted by atomic mass is 16.5. The Labute approximate surface area is 127 Å². The van der Waals surface area contributed by atoms with Crippen molar-refractivity contribution in [1.29, 1.82) is 0 Å². The molecule has 0 aromatic carbocycles. The van der Waals surface area contributed by atoms with Gasteiger partial charge in [0.25, 0.3) is 0 Å². The van der Waals surface area contributed by atoms with Crippen LogP contribution in [0.25, 0.3) is 0 Å². The second kappa shape index (κ2) is 5.26. The number of carbonyl (C=O) groups is 2. The number of esters is 1. The zero-order valence-electron chi connectivity index (χ0n) is 13.4. The highest BCUT2D eigenvalue weighted by Gasteiger charge is 2.55. The number of allylic oxidation sites excluding steroid dienone is 2. The van der Waals surface area contributed by atoms with E-state index in [0.29, 0.717) is 24.0 Å². The summed E-state index contributed by atoms with van der Waals surface area (Å²) in [5.74, 6) is 1.36. The molecule has 0 aromatic heterocycles. The second-order valence-electron chi connectivity index (χ2n) is 7.21. The predicted octanol–water partition coefficient (Wildman–Crippen LogP) is 3.81.